The number of hydrogen-bond acceptors (Lipinski definition) is 3. The van der Waals surface area contributed by atoms with E-state index in [1.807, 2.05) is 30.3 Å². The fourth-order valence-electron chi connectivity index (χ4n) is 3.47. The van der Waals surface area contributed by atoms with Gasteiger partial charge in [-0.25, -0.2) is 4.68 Å². The predicted molar refractivity (Wildman–Crippen MR) is 90.8 cm³/mol. The van der Waals surface area contributed by atoms with Gasteiger partial charge in [-0.05, 0) is 31.9 Å². The van der Waals surface area contributed by atoms with Crippen molar-refractivity contribution in [2.24, 2.45) is 5.73 Å². The van der Waals surface area contributed by atoms with Gasteiger partial charge < -0.3 is 10.6 Å². The summed E-state index contributed by atoms with van der Waals surface area (Å²) >= 11 is 0. The fraction of sp³-hybridized carbons (Fsp3) is 0.389. The van der Waals surface area contributed by atoms with E-state index in [9.17, 15) is 9.59 Å². The minimum Gasteiger partial charge on any atom is -0.368 e. The molecule has 0 saturated heterocycles. The van der Waals surface area contributed by atoms with Crippen LogP contribution in [0.15, 0.2) is 36.5 Å². The van der Waals surface area contributed by atoms with E-state index in [0.29, 0.717) is 24.1 Å². The highest BCUT2D eigenvalue weighted by Gasteiger charge is 2.45. The lowest BCUT2D eigenvalue weighted by atomic mass is 9.94. The number of nitrogens with two attached hydrogens (primary N) is 1. The number of likely N-dealkylation sites (N-methyl/N-ethyl adjacent to an activating group) is 1. The molecule has 1 fully saturated rings. The minimum atomic E-state index is -0.877. The maximum atomic E-state index is 13.0. The molecule has 0 atom stereocenters. The Morgan fingerprint density at radius 3 is 2.42 bits per heavy atom. The Labute approximate surface area is 141 Å². The van der Waals surface area contributed by atoms with E-state index in [-0.39, 0.29) is 5.91 Å². The number of aromatic nitrogens is 2. The number of primary amides is 1. The number of nitrogens with zero attached hydrogens (tertiary/aromatic N) is 3. The first kappa shape index (κ1) is 16.2. The molecule has 2 N–H and O–H groups in total. The normalized spacial score (nSPS) is 16.1. The number of carbonyl (C=O) groups is 2. The highest BCUT2D eigenvalue weighted by molar-refractivity contribution is 5.99. The smallest absolute Gasteiger partial charge is 0.257 e. The summed E-state index contributed by atoms with van der Waals surface area (Å²) in [6, 6.07) is 9.61. The molecule has 1 aliphatic rings. The molecule has 1 saturated carbocycles. The molecular weight excluding hydrogens is 304 g/mol. The minimum absolute atomic E-state index is 0.213. The Kier molecular flexibility index (Phi) is 4.13. The van der Waals surface area contributed by atoms with Crippen LogP contribution in [-0.2, 0) is 4.79 Å². The maximum absolute atomic E-state index is 13.0. The van der Waals surface area contributed by atoms with Gasteiger partial charge in [0.15, 0.2) is 0 Å². The van der Waals surface area contributed by atoms with Crippen molar-refractivity contribution in [2.75, 3.05) is 7.05 Å². The van der Waals surface area contributed by atoms with Crippen LogP contribution in [0.1, 0.15) is 41.7 Å². The zero-order valence-electron chi connectivity index (χ0n) is 14.0. The Hall–Kier alpha value is -2.63. The molecule has 0 unspecified atom stereocenters. The Morgan fingerprint density at radius 1 is 1.21 bits per heavy atom. The van der Waals surface area contributed by atoms with Gasteiger partial charge in [-0.2, -0.15) is 5.10 Å². The van der Waals surface area contributed by atoms with Crippen LogP contribution in [0.5, 0.6) is 0 Å². The molecule has 0 aliphatic heterocycles. The second-order valence-electron chi connectivity index (χ2n) is 6.38. The Balaban J connectivity index is 1.93. The average Bonchev–Trinajstić information content (AvgIpc) is 3.22. The molecule has 6 nitrogen and oxygen atoms in total. The van der Waals surface area contributed by atoms with Gasteiger partial charge in [0.1, 0.15) is 5.54 Å². The van der Waals surface area contributed by atoms with Crippen LogP contribution >= 0.6 is 0 Å². The van der Waals surface area contributed by atoms with Gasteiger partial charge in [-0.1, -0.05) is 31.0 Å². The molecule has 2 amide bonds. The van der Waals surface area contributed by atoms with Crippen LogP contribution < -0.4 is 5.73 Å². The quantitative estimate of drug-likeness (QED) is 0.933. The fourth-order valence-corrected chi connectivity index (χ4v) is 3.47. The number of aryl methyl sites for hydroxylation is 1. The molecule has 1 aliphatic carbocycles. The number of para-hydroxylation sites is 1. The molecule has 24 heavy (non-hydrogen) atoms. The molecule has 0 spiro atoms. The predicted octanol–water partition coefficient (Wildman–Crippen LogP) is 2.05. The van der Waals surface area contributed by atoms with Gasteiger partial charge in [0.05, 0.1) is 16.9 Å². The van der Waals surface area contributed by atoms with Gasteiger partial charge in [0, 0.05) is 13.2 Å². The summed E-state index contributed by atoms with van der Waals surface area (Å²) < 4.78 is 1.68. The van der Waals surface area contributed by atoms with Crippen molar-refractivity contribution < 1.29 is 9.59 Å². The third-order valence-corrected chi connectivity index (χ3v) is 4.99. The second kappa shape index (κ2) is 6.11. The topological polar surface area (TPSA) is 81.2 Å². The zero-order chi connectivity index (χ0) is 17.3. The van der Waals surface area contributed by atoms with Gasteiger partial charge in [-0.15, -0.1) is 0 Å². The molecular formula is C18H22N4O2. The molecule has 1 aromatic heterocycles. The SMILES string of the molecule is Cc1nn(-c2ccccc2)cc1C(=O)N(C)C1(C(N)=O)CCCC1. The van der Waals surface area contributed by atoms with E-state index in [1.54, 1.807) is 24.9 Å². The van der Waals surface area contributed by atoms with E-state index in [0.717, 1.165) is 18.5 Å². The molecule has 0 radical (unpaired) electrons. The van der Waals surface area contributed by atoms with Gasteiger partial charge >= 0.3 is 0 Å². The van der Waals surface area contributed by atoms with Crippen molar-refractivity contribution in [3.05, 3.63) is 47.8 Å². The summed E-state index contributed by atoms with van der Waals surface area (Å²) in [5.74, 6) is -0.640. The summed E-state index contributed by atoms with van der Waals surface area (Å²) in [5.41, 5.74) is 6.76. The van der Waals surface area contributed by atoms with E-state index >= 15 is 0 Å². The van der Waals surface area contributed by atoms with Gasteiger partial charge in [-0.3, -0.25) is 9.59 Å². The van der Waals surface area contributed by atoms with E-state index < -0.39 is 11.4 Å². The lowest BCUT2D eigenvalue weighted by Crippen LogP contribution is -2.56. The maximum Gasteiger partial charge on any atom is 0.257 e. The van der Waals surface area contributed by atoms with Crippen molar-refractivity contribution in [3.8, 4) is 5.69 Å². The molecule has 1 aromatic carbocycles. The molecule has 0 bridgehead atoms. The second-order valence-corrected chi connectivity index (χ2v) is 6.38. The third-order valence-electron chi connectivity index (χ3n) is 4.99. The van der Waals surface area contributed by atoms with E-state index in [4.69, 9.17) is 5.73 Å². The molecule has 126 valence electrons. The van der Waals surface area contributed by atoms with Crippen molar-refractivity contribution in [2.45, 2.75) is 38.1 Å². The van der Waals surface area contributed by atoms with Crippen LogP contribution in [0, 0.1) is 6.92 Å². The van der Waals surface area contributed by atoms with Crippen molar-refractivity contribution >= 4 is 11.8 Å². The van der Waals surface area contributed by atoms with Crippen LogP contribution in [0.25, 0.3) is 5.69 Å². The summed E-state index contributed by atoms with van der Waals surface area (Å²) in [6.45, 7) is 1.80. The first-order chi connectivity index (χ1) is 11.5. The monoisotopic (exact) mass is 326 g/mol. The number of benzene rings is 1. The van der Waals surface area contributed by atoms with Crippen molar-refractivity contribution in [1.82, 2.24) is 14.7 Å². The standard InChI is InChI=1S/C18H22N4O2/c1-13-15(12-22(20-13)14-8-4-3-5-9-14)16(23)21(2)18(17(19)24)10-6-7-11-18/h3-5,8-9,12H,6-7,10-11H2,1-2H3,(H2,19,24). The first-order valence-corrected chi connectivity index (χ1v) is 8.15. The summed E-state index contributed by atoms with van der Waals surface area (Å²) in [6.07, 6.45) is 4.77. The number of carbonyl (C=O) groups excluding carboxylic acids is 2. The summed E-state index contributed by atoms with van der Waals surface area (Å²) in [7, 11) is 1.66. The zero-order valence-corrected chi connectivity index (χ0v) is 14.0. The van der Waals surface area contributed by atoms with Crippen molar-refractivity contribution in [3.63, 3.8) is 0 Å². The lowest BCUT2D eigenvalue weighted by Gasteiger charge is -2.35. The average molecular weight is 326 g/mol. The number of hydrogen-bond donors (Lipinski definition) is 1. The van der Waals surface area contributed by atoms with Crippen LogP contribution in [-0.4, -0.2) is 39.1 Å². The molecule has 3 rings (SSSR count). The van der Waals surface area contributed by atoms with E-state index in [1.165, 1.54) is 4.90 Å². The highest BCUT2D eigenvalue weighted by atomic mass is 16.2. The largest absolute Gasteiger partial charge is 0.368 e. The van der Waals surface area contributed by atoms with E-state index in [2.05, 4.69) is 5.10 Å². The van der Waals surface area contributed by atoms with Crippen molar-refractivity contribution in [1.29, 1.82) is 0 Å². The Bertz CT molecular complexity index is 761. The third kappa shape index (κ3) is 2.58. The molecule has 1 heterocycles. The van der Waals surface area contributed by atoms with Crippen LogP contribution in [0.4, 0.5) is 0 Å². The lowest BCUT2D eigenvalue weighted by molar-refractivity contribution is -0.127. The van der Waals surface area contributed by atoms with Gasteiger partial charge in [0.25, 0.3) is 5.91 Å². The number of rotatable bonds is 4. The molecule has 6 heteroatoms. The van der Waals surface area contributed by atoms with Gasteiger partial charge in [0.2, 0.25) is 5.91 Å². The number of amides is 2. The van der Waals surface area contributed by atoms with Crippen LogP contribution in [0.3, 0.4) is 0 Å². The highest BCUT2D eigenvalue weighted by Crippen LogP contribution is 2.35. The Morgan fingerprint density at radius 2 is 1.83 bits per heavy atom. The molecule has 2 aromatic rings. The summed E-state index contributed by atoms with van der Waals surface area (Å²) in [4.78, 5) is 26.5. The summed E-state index contributed by atoms with van der Waals surface area (Å²) in [5, 5.41) is 4.43. The van der Waals surface area contributed by atoms with Crippen LogP contribution in [0.2, 0.25) is 0 Å². The first-order valence-electron chi connectivity index (χ1n) is 8.15.